The summed E-state index contributed by atoms with van der Waals surface area (Å²) in [6.45, 7) is 11.4. The number of aromatic nitrogens is 3. The number of anilines is 2. The fourth-order valence-electron chi connectivity index (χ4n) is 5.81. The van der Waals surface area contributed by atoms with Crippen LogP contribution in [0.5, 0.6) is 0 Å². The van der Waals surface area contributed by atoms with E-state index in [9.17, 15) is 4.79 Å². The lowest BCUT2D eigenvalue weighted by molar-refractivity contribution is 0.0300. The molecule has 2 saturated heterocycles. The van der Waals surface area contributed by atoms with Crippen molar-refractivity contribution in [3.63, 3.8) is 0 Å². The van der Waals surface area contributed by atoms with Crippen LogP contribution in [0.1, 0.15) is 35.3 Å². The molecule has 4 heterocycles. The third-order valence-corrected chi connectivity index (χ3v) is 7.82. The number of carbonyl (C=O) groups is 1. The summed E-state index contributed by atoms with van der Waals surface area (Å²) in [4.78, 5) is 26.2. The second kappa shape index (κ2) is 11.6. The number of amides is 1. The average molecular weight is 558 g/mol. The molecule has 2 fully saturated rings. The molecular weight excluding hydrogens is 521 g/mol. The Morgan fingerprint density at radius 2 is 1.88 bits per heavy atom. The van der Waals surface area contributed by atoms with E-state index >= 15 is 4.39 Å². The highest BCUT2D eigenvalue weighted by atomic mass is 19.1. The van der Waals surface area contributed by atoms with E-state index in [0.717, 1.165) is 30.7 Å². The standard InChI is InChI=1S/C31H36FN7O2/c1-20-4-5-25(14-24(20)19-37-17-21(2)34-22(3)18-37)35-31-33-16-23-8-9-39(29(23)36-31)26-6-7-27(28(32)15-26)30(40)38-10-12-41-13-11-38/h4-9,14-16,21-22,34H,10-13,17-19H2,1-3H3,(H,33,35,36)/t21-,22+. The molecule has 2 N–H and O–H groups in total. The van der Waals surface area contributed by atoms with Gasteiger partial charge in [-0.15, -0.1) is 0 Å². The number of aryl methyl sites for hydroxylation is 1. The van der Waals surface area contributed by atoms with E-state index in [2.05, 4.69) is 53.4 Å². The van der Waals surface area contributed by atoms with Gasteiger partial charge in [0.1, 0.15) is 11.5 Å². The Hall–Kier alpha value is -3.86. The topological polar surface area (TPSA) is 87.5 Å². The summed E-state index contributed by atoms with van der Waals surface area (Å²) in [5.74, 6) is -0.424. The molecule has 0 aliphatic carbocycles. The van der Waals surface area contributed by atoms with Crippen molar-refractivity contribution in [3.8, 4) is 5.69 Å². The second-order valence-electron chi connectivity index (χ2n) is 11.2. The molecule has 0 unspecified atom stereocenters. The Labute approximate surface area is 239 Å². The smallest absolute Gasteiger partial charge is 0.256 e. The minimum Gasteiger partial charge on any atom is -0.378 e. The van der Waals surface area contributed by atoms with Crippen LogP contribution in [0.15, 0.2) is 54.9 Å². The quantitative estimate of drug-likeness (QED) is 0.366. The van der Waals surface area contributed by atoms with E-state index in [-0.39, 0.29) is 11.5 Å². The number of benzene rings is 2. The lowest BCUT2D eigenvalue weighted by atomic mass is 10.1. The zero-order valence-corrected chi connectivity index (χ0v) is 23.7. The molecule has 0 radical (unpaired) electrons. The van der Waals surface area contributed by atoms with Gasteiger partial charge >= 0.3 is 0 Å². The van der Waals surface area contributed by atoms with Crippen molar-refractivity contribution < 1.29 is 13.9 Å². The number of carbonyl (C=O) groups excluding carboxylic acids is 1. The fraction of sp³-hybridized carbons (Fsp3) is 0.387. The van der Waals surface area contributed by atoms with Gasteiger partial charge in [-0.1, -0.05) is 6.07 Å². The van der Waals surface area contributed by atoms with Gasteiger partial charge in [-0.05, 0) is 68.3 Å². The molecule has 0 bridgehead atoms. The minimum absolute atomic E-state index is 0.0593. The van der Waals surface area contributed by atoms with Crippen LogP contribution in [-0.2, 0) is 11.3 Å². The van der Waals surface area contributed by atoms with Gasteiger partial charge in [0.05, 0.1) is 18.8 Å². The molecule has 214 valence electrons. The van der Waals surface area contributed by atoms with Gasteiger partial charge in [-0.2, -0.15) is 4.98 Å². The SMILES string of the molecule is Cc1ccc(Nc2ncc3ccn(-c4ccc(C(=O)N5CCOCC5)c(F)c4)c3n2)cc1CN1C[C@@H](C)N[C@@H](C)C1. The van der Waals surface area contributed by atoms with Crippen LogP contribution in [0.4, 0.5) is 16.0 Å². The van der Waals surface area contributed by atoms with Crippen LogP contribution < -0.4 is 10.6 Å². The number of piperazine rings is 1. The third-order valence-electron chi connectivity index (χ3n) is 7.82. The van der Waals surface area contributed by atoms with Crippen molar-refractivity contribution in [1.29, 1.82) is 0 Å². The fourth-order valence-corrected chi connectivity index (χ4v) is 5.81. The van der Waals surface area contributed by atoms with Crippen molar-refractivity contribution in [3.05, 3.63) is 77.4 Å². The summed E-state index contributed by atoms with van der Waals surface area (Å²) in [6, 6.07) is 13.8. The van der Waals surface area contributed by atoms with Crippen LogP contribution in [0.3, 0.4) is 0 Å². The zero-order chi connectivity index (χ0) is 28.5. The molecule has 1 amide bonds. The Morgan fingerprint density at radius 1 is 1.10 bits per heavy atom. The van der Waals surface area contributed by atoms with E-state index in [1.54, 1.807) is 23.2 Å². The Kier molecular flexibility index (Phi) is 7.70. The molecule has 2 aromatic carbocycles. The largest absolute Gasteiger partial charge is 0.378 e. The summed E-state index contributed by atoms with van der Waals surface area (Å²) in [5.41, 5.74) is 4.71. The maximum atomic E-state index is 15.2. The number of halogens is 1. The molecule has 4 aromatic rings. The highest BCUT2D eigenvalue weighted by Crippen LogP contribution is 2.25. The summed E-state index contributed by atoms with van der Waals surface area (Å²) < 4.78 is 22.3. The van der Waals surface area contributed by atoms with E-state index in [1.165, 1.54) is 17.2 Å². The van der Waals surface area contributed by atoms with E-state index in [4.69, 9.17) is 9.72 Å². The normalized spacial score (nSPS) is 20.0. The maximum Gasteiger partial charge on any atom is 0.256 e. The van der Waals surface area contributed by atoms with Crippen LogP contribution >= 0.6 is 0 Å². The number of nitrogens with one attached hydrogen (secondary N) is 2. The zero-order valence-electron chi connectivity index (χ0n) is 23.7. The molecule has 41 heavy (non-hydrogen) atoms. The van der Waals surface area contributed by atoms with Crippen molar-refractivity contribution >= 4 is 28.6 Å². The average Bonchev–Trinajstić information content (AvgIpc) is 3.38. The molecule has 2 aliphatic heterocycles. The van der Waals surface area contributed by atoms with Gasteiger partial charge in [-0.25, -0.2) is 9.37 Å². The number of ether oxygens (including phenoxy) is 1. The van der Waals surface area contributed by atoms with Gasteiger partial charge in [0.15, 0.2) is 0 Å². The van der Waals surface area contributed by atoms with Crippen molar-refractivity contribution in [2.24, 2.45) is 0 Å². The van der Waals surface area contributed by atoms with Gasteiger partial charge < -0.3 is 24.8 Å². The predicted octanol–water partition coefficient (Wildman–Crippen LogP) is 4.27. The number of fused-ring (bicyclic) bond motifs is 1. The lowest BCUT2D eigenvalue weighted by Gasteiger charge is -2.36. The van der Waals surface area contributed by atoms with E-state index in [0.29, 0.717) is 55.7 Å². The van der Waals surface area contributed by atoms with Gasteiger partial charge in [0.2, 0.25) is 5.95 Å². The number of rotatable bonds is 6. The molecule has 10 heteroatoms. The van der Waals surface area contributed by atoms with Gasteiger partial charge in [0.25, 0.3) is 5.91 Å². The summed E-state index contributed by atoms with van der Waals surface area (Å²) in [5, 5.41) is 7.78. The Morgan fingerprint density at radius 3 is 2.63 bits per heavy atom. The second-order valence-corrected chi connectivity index (χ2v) is 11.2. The monoisotopic (exact) mass is 557 g/mol. The van der Waals surface area contributed by atoms with Crippen molar-refractivity contribution in [1.82, 2.24) is 29.7 Å². The lowest BCUT2D eigenvalue weighted by Crippen LogP contribution is -2.53. The molecule has 0 spiro atoms. The van der Waals surface area contributed by atoms with E-state index < -0.39 is 5.82 Å². The van der Waals surface area contributed by atoms with Crippen molar-refractivity contribution in [2.75, 3.05) is 44.7 Å². The van der Waals surface area contributed by atoms with Crippen LogP contribution in [0.2, 0.25) is 0 Å². The van der Waals surface area contributed by atoms with E-state index in [1.807, 2.05) is 22.9 Å². The summed E-state index contributed by atoms with van der Waals surface area (Å²) in [6.07, 6.45) is 3.59. The first-order valence-corrected chi connectivity index (χ1v) is 14.2. The highest BCUT2D eigenvalue weighted by Gasteiger charge is 2.23. The van der Waals surface area contributed by atoms with Crippen LogP contribution in [-0.4, -0.2) is 81.7 Å². The molecule has 6 rings (SSSR count). The number of morpholine rings is 1. The third kappa shape index (κ3) is 5.95. The maximum absolute atomic E-state index is 15.2. The minimum atomic E-state index is -0.561. The molecular formula is C31H36FN7O2. The number of nitrogens with zero attached hydrogens (tertiary/aromatic N) is 5. The van der Waals surface area contributed by atoms with Crippen LogP contribution in [0.25, 0.3) is 16.7 Å². The highest BCUT2D eigenvalue weighted by molar-refractivity contribution is 5.95. The summed E-state index contributed by atoms with van der Waals surface area (Å²) >= 11 is 0. The summed E-state index contributed by atoms with van der Waals surface area (Å²) in [7, 11) is 0. The molecule has 9 nitrogen and oxygen atoms in total. The number of hydrogen-bond acceptors (Lipinski definition) is 7. The van der Waals surface area contributed by atoms with Gasteiger partial charge in [0, 0.05) is 74.0 Å². The molecule has 0 saturated carbocycles. The number of hydrogen-bond donors (Lipinski definition) is 2. The van der Waals surface area contributed by atoms with Gasteiger partial charge in [-0.3, -0.25) is 9.69 Å². The first-order chi connectivity index (χ1) is 19.8. The first kappa shape index (κ1) is 27.3. The Balaban J connectivity index is 1.22. The molecule has 2 aromatic heterocycles. The predicted molar refractivity (Wildman–Crippen MR) is 157 cm³/mol. The molecule has 2 aliphatic rings. The van der Waals surface area contributed by atoms with Crippen molar-refractivity contribution in [2.45, 2.75) is 39.4 Å². The molecule has 2 atom stereocenters. The Bertz CT molecular complexity index is 1560. The first-order valence-electron chi connectivity index (χ1n) is 14.2. The van der Waals surface area contributed by atoms with Crippen LogP contribution in [0, 0.1) is 12.7 Å².